The molecule has 1 N–H and O–H groups in total. The van der Waals surface area contributed by atoms with Crippen LogP contribution in [0.15, 0.2) is 97.2 Å². The predicted molar refractivity (Wildman–Crippen MR) is 147 cm³/mol. The van der Waals surface area contributed by atoms with E-state index in [4.69, 9.17) is 9.84 Å². The molecule has 0 saturated carbocycles. The molecule has 6 rings (SSSR count). The molecular weight excluding hydrogens is 493 g/mol. The van der Waals surface area contributed by atoms with Crippen LogP contribution in [0, 0.1) is 12.7 Å². The van der Waals surface area contributed by atoms with E-state index in [0.717, 1.165) is 45.3 Å². The van der Waals surface area contributed by atoms with Crippen LogP contribution in [0.1, 0.15) is 34.1 Å². The summed E-state index contributed by atoms with van der Waals surface area (Å²) < 4.78 is 23.3. The number of ether oxygens (including phenoxy) is 1. The van der Waals surface area contributed by atoms with Crippen molar-refractivity contribution in [3.8, 4) is 17.3 Å². The predicted octanol–water partition coefficient (Wildman–Crippen LogP) is 5.93. The number of carbonyl (C=O) groups is 1. The molecule has 5 aromatic rings. The molecule has 1 aliphatic rings. The number of aryl methyl sites for hydroxylation is 1. The molecule has 1 atom stereocenters. The van der Waals surface area contributed by atoms with Gasteiger partial charge in [0.1, 0.15) is 17.4 Å². The largest absolute Gasteiger partial charge is 0.497 e. The number of carbonyl (C=O) groups excluding carboxylic acids is 1. The molecule has 3 heterocycles. The fourth-order valence-electron chi connectivity index (χ4n) is 5.21. The molecule has 2 amide bonds. The van der Waals surface area contributed by atoms with E-state index in [2.05, 4.69) is 9.88 Å². The Balaban J connectivity index is 1.45. The van der Waals surface area contributed by atoms with E-state index in [1.165, 1.54) is 12.1 Å². The summed E-state index contributed by atoms with van der Waals surface area (Å²) in [6.45, 7) is 2.62. The summed E-state index contributed by atoms with van der Waals surface area (Å²) in [5.41, 5.74) is 5.32. The number of amides is 2. The van der Waals surface area contributed by atoms with Crippen molar-refractivity contribution >= 4 is 6.03 Å². The molecular formula is C31H28FN5O2. The minimum atomic E-state index is -0.457. The van der Waals surface area contributed by atoms with Crippen molar-refractivity contribution in [1.29, 1.82) is 0 Å². The molecule has 0 bridgehead atoms. The Labute approximate surface area is 226 Å². The molecule has 0 aliphatic carbocycles. The number of hydrogen-bond acceptors (Lipinski definition) is 3. The molecule has 7 nitrogen and oxygen atoms in total. The van der Waals surface area contributed by atoms with Gasteiger partial charge in [-0.3, -0.25) is 0 Å². The van der Waals surface area contributed by atoms with Crippen LogP contribution in [0.3, 0.4) is 0 Å². The highest BCUT2D eigenvalue weighted by Crippen LogP contribution is 2.38. The Morgan fingerprint density at radius 1 is 1.03 bits per heavy atom. The Kier molecular flexibility index (Phi) is 6.36. The lowest BCUT2D eigenvalue weighted by Crippen LogP contribution is -2.41. The van der Waals surface area contributed by atoms with Crippen LogP contribution in [-0.2, 0) is 13.1 Å². The molecule has 0 fully saturated rings. The van der Waals surface area contributed by atoms with Crippen LogP contribution in [0.25, 0.3) is 11.5 Å². The first-order valence-corrected chi connectivity index (χ1v) is 12.8. The van der Waals surface area contributed by atoms with Crippen LogP contribution >= 0.6 is 0 Å². The van der Waals surface area contributed by atoms with Crippen LogP contribution in [-0.4, -0.2) is 32.4 Å². The first-order valence-electron chi connectivity index (χ1n) is 12.8. The number of halogens is 1. The molecule has 0 saturated heterocycles. The van der Waals surface area contributed by atoms with Crippen LogP contribution in [0.2, 0.25) is 0 Å². The van der Waals surface area contributed by atoms with Gasteiger partial charge < -0.3 is 19.5 Å². The minimum Gasteiger partial charge on any atom is -0.497 e. The standard InChI is InChI=1S/C31H28FN5O2/c1-21-27-20-36(31(38)33-19-22-8-6-11-26(18-22)39-2)29(23-13-15-24(32)16-14-23)28-12-7-17-35(28)30(27)37(34-21)25-9-4-3-5-10-25/h3-18,29H,19-20H2,1-2H3,(H,33,38)/t29-/m0/s1. The van der Waals surface area contributed by atoms with Gasteiger partial charge in [0.05, 0.1) is 36.8 Å². The monoisotopic (exact) mass is 521 g/mol. The van der Waals surface area contributed by atoms with Crippen molar-refractivity contribution in [1.82, 2.24) is 24.6 Å². The van der Waals surface area contributed by atoms with Crippen molar-refractivity contribution < 1.29 is 13.9 Å². The van der Waals surface area contributed by atoms with E-state index in [1.807, 2.05) is 84.5 Å². The average Bonchev–Trinajstić information content (AvgIpc) is 3.53. The number of urea groups is 1. The van der Waals surface area contributed by atoms with Gasteiger partial charge in [0, 0.05) is 18.3 Å². The molecule has 39 heavy (non-hydrogen) atoms. The van der Waals surface area contributed by atoms with E-state index in [0.29, 0.717) is 13.1 Å². The topological polar surface area (TPSA) is 64.3 Å². The zero-order valence-electron chi connectivity index (χ0n) is 21.7. The summed E-state index contributed by atoms with van der Waals surface area (Å²) in [5, 5.41) is 7.96. The fraction of sp³-hybridized carbons (Fsp3) is 0.161. The summed E-state index contributed by atoms with van der Waals surface area (Å²) in [6.07, 6.45) is 1.99. The number of methoxy groups -OCH3 is 1. The molecule has 0 spiro atoms. The summed E-state index contributed by atoms with van der Waals surface area (Å²) >= 11 is 0. The maximum absolute atomic E-state index is 13.9. The number of nitrogens with zero attached hydrogens (tertiary/aromatic N) is 4. The molecule has 3 aromatic carbocycles. The third-order valence-corrected chi connectivity index (χ3v) is 7.11. The summed E-state index contributed by atoms with van der Waals surface area (Å²) in [5.74, 6) is 1.29. The average molecular weight is 522 g/mol. The first-order chi connectivity index (χ1) is 19.0. The normalized spacial score (nSPS) is 14.3. The zero-order valence-corrected chi connectivity index (χ0v) is 21.7. The minimum absolute atomic E-state index is 0.236. The van der Waals surface area contributed by atoms with Gasteiger partial charge in [-0.1, -0.05) is 42.5 Å². The Morgan fingerprint density at radius 2 is 1.82 bits per heavy atom. The Bertz CT molecular complexity index is 1620. The lowest BCUT2D eigenvalue weighted by molar-refractivity contribution is 0.180. The van der Waals surface area contributed by atoms with Crippen molar-refractivity contribution in [3.63, 3.8) is 0 Å². The number of hydrogen-bond donors (Lipinski definition) is 1. The molecule has 8 heteroatoms. The van der Waals surface area contributed by atoms with Gasteiger partial charge in [-0.15, -0.1) is 0 Å². The SMILES string of the molecule is COc1cccc(CNC(=O)N2Cc3c(C)nn(-c4ccccc4)c3-n3cccc3[C@@H]2c2ccc(F)cc2)c1. The van der Waals surface area contributed by atoms with Crippen molar-refractivity contribution in [2.75, 3.05) is 7.11 Å². The highest BCUT2D eigenvalue weighted by molar-refractivity contribution is 5.76. The number of rotatable bonds is 5. The Morgan fingerprint density at radius 3 is 2.59 bits per heavy atom. The van der Waals surface area contributed by atoms with Gasteiger partial charge in [0.15, 0.2) is 0 Å². The highest BCUT2D eigenvalue weighted by atomic mass is 19.1. The van der Waals surface area contributed by atoms with Crippen molar-refractivity contribution in [2.24, 2.45) is 0 Å². The summed E-state index contributed by atoms with van der Waals surface area (Å²) in [6, 6.07) is 27.2. The second kappa shape index (κ2) is 10.1. The first kappa shape index (κ1) is 24.5. The van der Waals surface area contributed by atoms with Gasteiger partial charge in [-0.05, 0) is 66.6 Å². The Hall–Kier alpha value is -4.85. The van der Waals surface area contributed by atoms with Crippen molar-refractivity contribution in [2.45, 2.75) is 26.1 Å². The smallest absolute Gasteiger partial charge is 0.318 e. The van der Waals surface area contributed by atoms with Gasteiger partial charge in [0.2, 0.25) is 0 Å². The van der Waals surface area contributed by atoms with Gasteiger partial charge in [-0.2, -0.15) is 5.10 Å². The number of para-hydroxylation sites is 1. The van der Waals surface area contributed by atoms with Gasteiger partial charge in [-0.25, -0.2) is 13.9 Å². The molecule has 2 aromatic heterocycles. The molecule has 0 unspecified atom stereocenters. The lowest BCUT2D eigenvalue weighted by Gasteiger charge is -2.31. The fourth-order valence-corrected chi connectivity index (χ4v) is 5.21. The third-order valence-electron chi connectivity index (χ3n) is 7.11. The molecule has 1 aliphatic heterocycles. The van der Waals surface area contributed by atoms with E-state index < -0.39 is 6.04 Å². The third kappa shape index (κ3) is 4.54. The molecule has 0 radical (unpaired) electrons. The van der Waals surface area contributed by atoms with Gasteiger partial charge >= 0.3 is 6.03 Å². The number of fused-ring (bicyclic) bond motifs is 3. The lowest BCUT2D eigenvalue weighted by atomic mass is 10.0. The van der Waals surface area contributed by atoms with E-state index in [9.17, 15) is 9.18 Å². The second-order valence-electron chi connectivity index (χ2n) is 9.53. The van der Waals surface area contributed by atoms with Crippen molar-refractivity contribution in [3.05, 3.63) is 131 Å². The highest BCUT2D eigenvalue weighted by Gasteiger charge is 2.35. The number of nitrogens with one attached hydrogen (secondary N) is 1. The number of aromatic nitrogens is 3. The van der Waals surface area contributed by atoms with E-state index >= 15 is 0 Å². The maximum atomic E-state index is 13.9. The van der Waals surface area contributed by atoms with Gasteiger partial charge in [0.25, 0.3) is 0 Å². The van der Waals surface area contributed by atoms with E-state index in [-0.39, 0.29) is 11.8 Å². The summed E-state index contributed by atoms with van der Waals surface area (Å²) in [4.78, 5) is 15.7. The van der Waals surface area contributed by atoms with Crippen LogP contribution in [0.4, 0.5) is 9.18 Å². The van der Waals surface area contributed by atoms with Crippen LogP contribution < -0.4 is 10.1 Å². The maximum Gasteiger partial charge on any atom is 0.318 e. The van der Waals surface area contributed by atoms with E-state index in [1.54, 1.807) is 24.1 Å². The molecule has 196 valence electrons. The van der Waals surface area contributed by atoms with Crippen LogP contribution in [0.5, 0.6) is 5.75 Å². The quantitative estimate of drug-likeness (QED) is 0.312. The zero-order chi connectivity index (χ0) is 26.9. The second-order valence-corrected chi connectivity index (χ2v) is 9.53. The number of benzene rings is 3. The summed E-state index contributed by atoms with van der Waals surface area (Å²) in [7, 11) is 1.62.